The molecule has 4 nitrogen and oxygen atoms in total. The number of ether oxygens (including phenoxy) is 1. The van der Waals surface area contributed by atoms with E-state index in [0.29, 0.717) is 6.61 Å². The lowest BCUT2D eigenvalue weighted by Crippen LogP contribution is -2.34. The lowest BCUT2D eigenvalue weighted by molar-refractivity contribution is -0.128. The number of hydrogen-bond acceptors (Lipinski definition) is 2. The topological polar surface area (TPSA) is 34.5 Å². The SMILES string of the molecule is CCOc1ccccc1/C=C/C(=O)N1CCCCCC1c1cccn1C. The van der Waals surface area contributed by atoms with Gasteiger partial charge in [-0.25, -0.2) is 0 Å². The molecular formula is C22H28N2O2. The smallest absolute Gasteiger partial charge is 0.247 e. The van der Waals surface area contributed by atoms with Crippen molar-refractivity contribution in [2.45, 2.75) is 38.6 Å². The van der Waals surface area contributed by atoms with E-state index >= 15 is 0 Å². The number of rotatable bonds is 5. The van der Waals surface area contributed by atoms with E-state index in [9.17, 15) is 4.79 Å². The maximum absolute atomic E-state index is 13.0. The third kappa shape index (κ3) is 4.18. The van der Waals surface area contributed by atoms with Crippen molar-refractivity contribution in [3.63, 3.8) is 0 Å². The van der Waals surface area contributed by atoms with Crippen LogP contribution in [0.2, 0.25) is 0 Å². The lowest BCUT2D eigenvalue weighted by atomic mass is 10.1. The molecule has 1 aliphatic rings. The zero-order chi connectivity index (χ0) is 18.4. The number of amides is 1. The molecule has 4 heteroatoms. The maximum Gasteiger partial charge on any atom is 0.247 e. The highest BCUT2D eigenvalue weighted by molar-refractivity contribution is 5.92. The summed E-state index contributed by atoms with van der Waals surface area (Å²) in [6.07, 6.45) is 10.1. The molecule has 1 aromatic carbocycles. The summed E-state index contributed by atoms with van der Waals surface area (Å²) in [7, 11) is 2.05. The predicted octanol–water partition coefficient (Wildman–Crippen LogP) is 4.58. The summed E-state index contributed by atoms with van der Waals surface area (Å²) in [5, 5.41) is 0. The number of nitrogens with zero attached hydrogens (tertiary/aromatic N) is 2. The first-order valence-corrected chi connectivity index (χ1v) is 9.52. The molecule has 1 atom stereocenters. The summed E-state index contributed by atoms with van der Waals surface area (Å²) >= 11 is 0. The van der Waals surface area contributed by atoms with Crippen molar-refractivity contribution in [2.75, 3.05) is 13.2 Å². The Morgan fingerprint density at radius 3 is 2.81 bits per heavy atom. The van der Waals surface area contributed by atoms with Crippen molar-refractivity contribution in [1.82, 2.24) is 9.47 Å². The fourth-order valence-electron chi connectivity index (χ4n) is 3.66. The van der Waals surface area contributed by atoms with Gasteiger partial charge in [-0.15, -0.1) is 0 Å². The highest BCUT2D eigenvalue weighted by Crippen LogP contribution is 2.30. The number of carbonyl (C=O) groups is 1. The van der Waals surface area contributed by atoms with E-state index in [2.05, 4.69) is 29.9 Å². The summed E-state index contributed by atoms with van der Waals surface area (Å²) in [6, 6.07) is 12.2. The van der Waals surface area contributed by atoms with Gasteiger partial charge in [-0.05, 0) is 44.0 Å². The van der Waals surface area contributed by atoms with Crippen LogP contribution in [0.4, 0.5) is 0 Å². The third-order valence-electron chi connectivity index (χ3n) is 4.99. The quantitative estimate of drug-likeness (QED) is 0.738. The summed E-state index contributed by atoms with van der Waals surface area (Å²) in [4.78, 5) is 15.0. The number of carbonyl (C=O) groups excluding carboxylic acids is 1. The average molecular weight is 352 g/mol. The highest BCUT2D eigenvalue weighted by Gasteiger charge is 2.26. The molecule has 1 unspecified atom stereocenters. The minimum atomic E-state index is 0.0735. The highest BCUT2D eigenvalue weighted by atomic mass is 16.5. The molecule has 0 radical (unpaired) electrons. The van der Waals surface area contributed by atoms with Crippen LogP contribution in [0.5, 0.6) is 5.75 Å². The zero-order valence-corrected chi connectivity index (χ0v) is 15.7. The molecule has 3 rings (SSSR count). The van der Waals surface area contributed by atoms with Crippen LogP contribution in [0.1, 0.15) is 49.9 Å². The van der Waals surface area contributed by atoms with E-state index < -0.39 is 0 Å². The second-order valence-electron chi connectivity index (χ2n) is 6.74. The monoisotopic (exact) mass is 352 g/mol. The molecule has 2 heterocycles. The van der Waals surface area contributed by atoms with Crippen LogP contribution < -0.4 is 4.74 Å². The summed E-state index contributed by atoms with van der Waals surface area (Å²) < 4.78 is 7.78. The van der Waals surface area contributed by atoms with Crippen molar-refractivity contribution >= 4 is 12.0 Å². The normalized spacial score (nSPS) is 18.1. The summed E-state index contributed by atoms with van der Waals surface area (Å²) in [6.45, 7) is 3.39. The van der Waals surface area contributed by atoms with Crippen molar-refractivity contribution < 1.29 is 9.53 Å². The van der Waals surface area contributed by atoms with E-state index in [1.165, 1.54) is 12.1 Å². The Morgan fingerprint density at radius 1 is 1.19 bits per heavy atom. The number of aromatic nitrogens is 1. The van der Waals surface area contributed by atoms with Gasteiger partial charge in [-0.2, -0.15) is 0 Å². The van der Waals surface area contributed by atoms with Gasteiger partial charge in [0.1, 0.15) is 5.75 Å². The Balaban J connectivity index is 1.81. The Labute approximate surface area is 156 Å². The van der Waals surface area contributed by atoms with Crippen LogP contribution in [0.15, 0.2) is 48.7 Å². The molecule has 26 heavy (non-hydrogen) atoms. The van der Waals surface area contributed by atoms with Gasteiger partial charge in [0.15, 0.2) is 0 Å². The molecule has 0 aliphatic carbocycles. The number of likely N-dealkylation sites (tertiary alicyclic amines) is 1. The van der Waals surface area contributed by atoms with Gasteiger partial charge in [-0.1, -0.05) is 31.0 Å². The van der Waals surface area contributed by atoms with Crippen molar-refractivity contribution in [3.8, 4) is 5.75 Å². The molecule has 0 bridgehead atoms. The van der Waals surface area contributed by atoms with Crippen LogP contribution in [-0.2, 0) is 11.8 Å². The van der Waals surface area contributed by atoms with Crippen molar-refractivity contribution in [3.05, 3.63) is 59.9 Å². The molecule has 1 fully saturated rings. The molecule has 1 amide bonds. The summed E-state index contributed by atoms with van der Waals surface area (Å²) in [5.74, 6) is 0.887. The van der Waals surface area contributed by atoms with E-state index in [-0.39, 0.29) is 11.9 Å². The van der Waals surface area contributed by atoms with Gasteiger partial charge in [0, 0.05) is 37.1 Å². The number of benzene rings is 1. The van der Waals surface area contributed by atoms with Gasteiger partial charge in [-0.3, -0.25) is 4.79 Å². The number of para-hydroxylation sites is 1. The van der Waals surface area contributed by atoms with Gasteiger partial charge < -0.3 is 14.2 Å². The molecular weight excluding hydrogens is 324 g/mol. The van der Waals surface area contributed by atoms with E-state index in [4.69, 9.17) is 4.74 Å². The second-order valence-corrected chi connectivity index (χ2v) is 6.74. The first-order chi connectivity index (χ1) is 12.7. The molecule has 0 saturated carbocycles. The maximum atomic E-state index is 13.0. The van der Waals surface area contributed by atoms with Crippen LogP contribution in [0.3, 0.4) is 0 Å². The third-order valence-corrected chi connectivity index (χ3v) is 4.99. The molecule has 1 aliphatic heterocycles. The first-order valence-electron chi connectivity index (χ1n) is 9.52. The Morgan fingerprint density at radius 2 is 2.04 bits per heavy atom. The average Bonchev–Trinajstić information content (AvgIpc) is 2.92. The van der Waals surface area contributed by atoms with Crippen molar-refractivity contribution in [2.24, 2.45) is 7.05 Å². The van der Waals surface area contributed by atoms with E-state index in [0.717, 1.165) is 37.1 Å². The van der Waals surface area contributed by atoms with Gasteiger partial charge in [0.25, 0.3) is 0 Å². The van der Waals surface area contributed by atoms with Crippen LogP contribution in [0.25, 0.3) is 6.08 Å². The molecule has 2 aromatic rings. The lowest BCUT2D eigenvalue weighted by Gasteiger charge is -2.29. The van der Waals surface area contributed by atoms with Crippen molar-refractivity contribution in [1.29, 1.82) is 0 Å². The number of aryl methyl sites for hydroxylation is 1. The Bertz CT molecular complexity index is 763. The van der Waals surface area contributed by atoms with Gasteiger partial charge in [0.05, 0.1) is 12.6 Å². The molecule has 0 N–H and O–H groups in total. The zero-order valence-electron chi connectivity index (χ0n) is 15.7. The molecule has 1 aromatic heterocycles. The fraction of sp³-hybridized carbons (Fsp3) is 0.409. The molecule has 0 spiro atoms. The standard InChI is InChI=1S/C22H28N2O2/c1-3-26-21-13-7-6-10-18(21)14-15-22(25)24-17-8-4-5-11-20(24)19-12-9-16-23(19)2/h6-7,9-10,12-16,20H,3-5,8,11,17H2,1-2H3/b15-14+. The minimum Gasteiger partial charge on any atom is -0.493 e. The van der Waals surface area contributed by atoms with E-state index in [1.54, 1.807) is 6.08 Å². The van der Waals surface area contributed by atoms with Gasteiger partial charge >= 0.3 is 0 Å². The first kappa shape index (κ1) is 18.3. The molecule has 1 saturated heterocycles. The largest absolute Gasteiger partial charge is 0.493 e. The minimum absolute atomic E-state index is 0.0735. The van der Waals surface area contributed by atoms with E-state index in [1.807, 2.05) is 42.2 Å². The second kappa shape index (κ2) is 8.75. The predicted molar refractivity (Wildman–Crippen MR) is 105 cm³/mol. The Hall–Kier alpha value is -2.49. The van der Waals surface area contributed by atoms with Gasteiger partial charge in [0.2, 0.25) is 5.91 Å². The summed E-state index contributed by atoms with van der Waals surface area (Å²) in [5.41, 5.74) is 2.15. The molecule has 138 valence electrons. The Kier molecular flexibility index (Phi) is 6.16. The fourth-order valence-corrected chi connectivity index (χ4v) is 3.66. The van der Waals surface area contributed by atoms with Crippen LogP contribution in [0, 0.1) is 0 Å². The number of hydrogen-bond donors (Lipinski definition) is 0. The van der Waals surface area contributed by atoms with Crippen LogP contribution in [-0.4, -0.2) is 28.5 Å². The van der Waals surface area contributed by atoms with Crippen LogP contribution >= 0.6 is 0 Å².